The number of urea groups is 1. The van der Waals surface area contributed by atoms with E-state index < -0.39 is 0 Å². The van der Waals surface area contributed by atoms with Gasteiger partial charge in [0.1, 0.15) is 0 Å². The molecule has 0 aliphatic carbocycles. The van der Waals surface area contributed by atoms with Crippen LogP contribution in [-0.2, 0) is 0 Å². The Morgan fingerprint density at radius 3 is 2.68 bits per heavy atom. The number of carbonyl (C=O) groups excluding carboxylic acids is 1. The fraction of sp³-hybridized carbons (Fsp3) is 0.929. The second-order valence-electron chi connectivity index (χ2n) is 5.94. The molecule has 1 rings (SSSR count). The highest BCUT2D eigenvalue weighted by Crippen LogP contribution is 2.15. The largest absolute Gasteiger partial charge is 0.396 e. The maximum absolute atomic E-state index is 11.7. The maximum Gasteiger partial charge on any atom is 0.315 e. The van der Waals surface area contributed by atoms with Crippen molar-refractivity contribution in [2.75, 3.05) is 26.2 Å². The molecule has 1 saturated heterocycles. The normalized spacial score (nSPS) is 23.7. The van der Waals surface area contributed by atoms with Gasteiger partial charge in [-0.15, -0.1) is 0 Å². The van der Waals surface area contributed by atoms with Gasteiger partial charge in [0.2, 0.25) is 0 Å². The molecular weight excluding hydrogens is 242 g/mol. The van der Waals surface area contributed by atoms with Gasteiger partial charge in [-0.3, -0.25) is 0 Å². The van der Waals surface area contributed by atoms with E-state index >= 15 is 0 Å². The summed E-state index contributed by atoms with van der Waals surface area (Å²) in [5.41, 5.74) is 0. The molecule has 1 fully saturated rings. The van der Waals surface area contributed by atoms with Crippen LogP contribution in [0.2, 0.25) is 0 Å². The molecule has 0 radical (unpaired) electrons. The summed E-state index contributed by atoms with van der Waals surface area (Å²) in [6, 6.07) is 0.0114. The van der Waals surface area contributed by atoms with E-state index in [2.05, 4.69) is 22.5 Å². The summed E-state index contributed by atoms with van der Waals surface area (Å²) in [5.74, 6) is 0.763. The van der Waals surface area contributed by atoms with Crippen LogP contribution in [0, 0.1) is 5.92 Å². The zero-order valence-corrected chi connectivity index (χ0v) is 12.5. The second kappa shape index (κ2) is 8.38. The van der Waals surface area contributed by atoms with Crippen molar-refractivity contribution in [2.24, 2.45) is 5.92 Å². The average molecular weight is 271 g/mol. The van der Waals surface area contributed by atoms with Gasteiger partial charge >= 0.3 is 6.03 Å². The Kier molecular flexibility index (Phi) is 7.16. The molecule has 5 heteroatoms. The molecule has 0 bridgehead atoms. The monoisotopic (exact) mass is 271 g/mol. The number of hydrogen-bond donors (Lipinski definition) is 3. The molecule has 5 nitrogen and oxygen atoms in total. The molecule has 2 unspecified atom stereocenters. The summed E-state index contributed by atoms with van der Waals surface area (Å²) in [7, 11) is 0. The smallest absolute Gasteiger partial charge is 0.315 e. The highest BCUT2D eigenvalue weighted by molar-refractivity contribution is 5.74. The summed E-state index contributed by atoms with van der Waals surface area (Å²) in [5, 5.41) is 14.6. The van der Waals surface area contributed by atoms with Crippen molar-refractivity contribution in [1.82, 2.24) is 15.5 Å². The van der Waals surface area contributed by atoms with Crippen molar-refractivity contribution in [3.63, 3.8) is 0 Å². The van der Waals surface area contributed by atoms with E-state index in [0.717, 1.165) is 25.6 Å². The zero-order valence-electron chi connectivity index (χ0n) is 12.5. The van der Waals surface area contributed by atoms with E-state index in [1.165, 1.54) is 12.8 Å². The molecule has 1 heterocycles. The minimum Gasteiger partial charge on any atom is -0.396 e. The first-order valence-electron chi connectivity index (χ1n) is 7.41. The third-order valence-electron chi connectivity index (χ3n) is 3.59. The van der Waals surface area contributed by atoms with Crippen molar-refractivity contribution in [3.8, 4) is 0 Å². The summed E-state index contributed by atoms with van der Waals surface area (Å²) in [4.78, 5) is 14.1. The lowest BCUT2D eigenvalue weighted by Crippen LogP contribution is -2.49. The number of amides is 2. The van der Waals surface area contributed by atoms with Crippen LogP contribution in [0.25, 0.3) is 0 Å². The first-order valence-corrected chi connectivity index (χ1v) is 7.41. The Balaban J connectivity index is 2.22. The number of hydrogen-bond acceptors (Lipinski definition) is 3. The lowest BCUT2D eigenvalue weighted by molar-refractivity contribution is 0.169. The SMILES string of the molecule is CC1CCCN(CC(C)NC(=O)N[C@H](C)CCO)C1. The van der Waals surface area contributed by atoms with Crippen molar-refractivity contribution >= 4 is 6.03 Å². The quantitative estimate of drug-likeness (QED) is 0.679. The molecule has 0 spiro atoms. The van der Waals surface area contributed by atoms with Gasteiger partial charge in [-0.25, -0.2) is 4.79 Å². The molecule has 0 saturated carbocycles. The fourth-order valence-corrected chi connectivity index (χ4v) is 2.64. The Labute approximate surface area is 116 Å². The first kappa shape index (κ1) is 16.2. The summed E-state index contributed by atoms with van der Waals surface area (Å²) in [6.07, 6.45) is 3.16. The molecular formula is C14H29N3O2. The molecule has 2 amide bonds. The van der Waals surface area contributed by atoms with Gasteiger partial charge in [0.15, 0.2) is 0 Å². The minimum absolute atomic E-state index is 0.00667. The molecule has 1 aliphatic heterocycles. The van der Waals surface area contributed by atoms with E-state index in [1.807, 2.05) is 13.8 Å². The van der Waals surface area contributed by atoms with Gasteiger partial charge < -0.3 is 20.6 Å². The van der Waals surface area contributed by atoms with Crippen LogP contribution < -0.4 is 10.6 Å². The van der Waals surface area contributed by atoms with Crippen LogP contribution >= 0.6 is 0 Å². The number of rotatable bonds is 6. The molecule has 1 aliphatic rings. The second-order valence-corrected chi connectivity index (χ2v) is 5.94. The highest BCUT2D eigenvalue weighted by Gasteiger charge is 2.19. The number of nitrogens with zero attached hydrogens (tertiary/aromatic N) is 1. The molecule has 0 aromatic heterocycles. The van der Waals surface area contributed by atoms with Crippen molar-refractivity contribution < 1.29 is 9.90 Å². The van der Waals surface area contributed by atoms with Gasteiger partial charge in [-0.1, -0.05) is 6.92 Å². The first-order chi connectivity index (χ1) is 9.01. The molecule has 3 N–H and O–H groups in total. The standard InChI is InChI=1S/C14H29N3O2/c1-11-5-4-7-17(9-11)10-13(3)16-14(19)15-12(2)6-8-18/h11-13,18H,4-10H2,1-3H3,(H2,15,16,19)/t11?,12-,13?/m1/s1. The number of nitrogens with one attached hydrogen (secondary N) is 2. The Morgan fingerprint density at radius 2 is 2.05 bits per heavy atom. The molecule has 0 aromatic carbocycles. The molecule has 112 valence electrons. The van der Waals surface area contributed by atoms with Crippen molar-refractivity contribution in [1.29, 1.82) is 0 Å². The fourth-order valence-electron chi connectivity index (χ4n) is 2.64. The number of aliphatic hydroxyl groups is 1. The van der Waals surface area contributed by atoms with E-state index in [0.29, 0.717) is 6.42 Å². The van der Waals surface area contributed by atoms with Crippen LogP contribution in [-0.4, -0.2) is 54.4 Å². The summed E-state index contributed by atoms with van der Waals surface area (Å²) < 4.78 is 0. The van der Waals surface area contributed by atoms with Crippen LogP contribution in [0.15, 0.2) is 0 Å². The predicted molar refractivity (Wildman–Crippen MR) is 77.1 cm³/mol. The Hall–Kier alpha value is -0.810. The third-order valence-corrected chi connectivity index (χ3v) is 3.59. The Bertz CT molecular complexity index is 273. The minimum atomic E-state index is -0.140. The highest BCUT2D eigenvalue weighted by atomic mass is 16.3. The summed E-state index contributed by atoms with van der Waals surface area (Å²) >= 11 is 0. The van der Waals surface area contributed by atoms with Crippen LogP contribution in [0.3, 0.4) is 0 Å². The lowest BCUT2D eigenvalue weighted by atomic mass is 10.00. The molecule has 19 heavy (non-hydrogen) atoms. The van der Waals surface area contributed by atoms with Crippen LogP contribution in [0.5, 0.6) is 0 Å². The van der Waals surface area contributed by atoms with Gasteiger partial charge in [-0.2, -0.15) is 0 Å². The zero-order chi connectivity index (χ0) is 14.3. The van der Waals surface area contributed by atoms with E-state index in [1.54, 1.807) is 0 Å². The van der Waals surface area contributed by atoms with Gasteiger partial charge in [0.05, 0.1) is 0 Å². The maximum atomic E-state index is 11.7. The average Bonchev–Trinajstić information content (AvgIpc) is 2.28. The topological polar surface area (TPSA) is 64.6 Å². The number of piperidine rings is 1. The van der Waals surface area contributed by atoms with E-state index in [-0.39, 0.29) is 24.7 Å². The van der Waals surface area contributed by atoms with Gasteiger partial charge in [0, 0.05) is 31.8 Å². The molecule has 3 atom stereocenters. The van der Waals surface area contributed by atoms with Gasteiger partial charge in [0.25, 0.3) is 0 Å². The van der Waals surface area contributed by atoms with Gasteiger partial charge in [-0.05, 0) is 45.6 Å². The number of aliphatic hydroxyl groups excluding tert-OH is 1. The Morgan fingerprint density at radius 1 is 1.37 bits per heavy atom. The number of carbonyl (C=O) groups is 1. The van der Waals surface area contributed by atoms with E-state index in [9.17, 15) is 4.79 Å². The number of likely N-dealkylation sites (tertiary alicyclic amines) is 1. The summed E-state index contributed by atoms with van der Waals surface area (Å²) in [6.45, 7) is 9.50. The predicted octanol–water partition coefficient (Wildman–Crippen LogP) is 1.18. The van der Waals surface area contributed by atoms with Crippen molar-refractivity contribution in [3.05, 3.63) is 0 Å². The lowest BCUT2D eigenvalue weighted by Gasteiger charge is -2.33. The third kappa shape index (κ3) is 6.78. The van der Waals surface area contributed by atoms with Crippen molar-refractivity contribution in [2.45, 2.75) is 52.1 Å². The van der Waals surface area contributed by atoms with Crippen LogP contribution in [0.1, 0.15) is 40.0 Å². The van der Waals surface area contributed by atoms with Crippen LogP contribution in [0.4, 0.5) is 4.79 Å². The van der Waals surface area contributed by atoms with E-state index in [4.69, 9.17) is 5.11 Å². The molecule has 0 aromatic rings.